The highest BCUT2D eigenvalue weighted by Gasteiger charge is 2.27. The molecule has 0 atom stereocenters. The van der Waals surface area contributed by atoms with Crippen molar-refractivity contribution in [2.75, 3.05) is 31.5 Å². The molecule has 1 aromatic heterocycles. The average molecular weight is 485 g/mol. The average Bonchev–Trinajstić information content (AvgIpc) is 3.40. The molecule has 1 aliphatic rings. The van der Waals surface area contributed by atoms with Crippen molar-refractivity contribution >= 4 is 17.6 Å². The van der Waals surface area contributed by atoms with Crippen LogP contribution in [-0.4, -0.2) is 52.9 Å². The number of carbonyl (C=O) groups is 2. The minimum atomic E-state index is -0.364. The predicted octanol–water partition coefficient (Wildman–Crippen LogP) is 5.45. The van der Waals surface area contributed by atoms with Crippen LogP contribution in [0.1, 0.15) is 15.9 Å². The molecule has 1 N–H and O–H groups in total. The van der Waals surface area contributed by atoms with E-state index in [1.54, 1.807) is 22.1 Å². The lowest BCUT2D eigenvalue weighted by molar-refractivity contribution is 0.0672. The number of nitrogens with one attached hydrogen (secondary N) is 1. The van der Waals surface area contributed by atoms with E-state index in [2.05, 4.69) is 10.3 Å². The molecule has 4 aromatic rings. The summed E-state index contributed by atoms with van der Waals surface area (Å²) >= 11 is 0. The Morgan fingerprint density at radius 3 is 2.28 bits per heavy atom. The highest BCUT2D eigenvalue weighted by molar-refractivity contribution is 6.00. The summed E-state index contributed by atoms with van der Waals surface area (Å²) in [6.45, 7) is 3.58. The number of rotatable bonds is 4. The normalized spacial score (nSPS) is 13.5. The van der Waals surface area contributed by atoms with Crippen LogP contribution in [0.25, 0.3) is 22.8 Å². The summed E-state index contributed by atoms with van der Waals surface area (Å²) in [5.41, 5.74) is 3.71. The van der Waals surface area contributed by atoms with Crippen molar-refractivity contribution in [2.45, 2.75) is 6.92 Å². The Labute approximate surface area is 208 Å². The number of benzene rings is 3. The third-order valence-electron chi connectivity index (χ3n) is 6.18. The molecule has 3 aromatic carbocycles. The van der Waals surface area contributed by atoms with E-state index < -0.39 is 0 Å². The first-order chi connectivity index (χ1) is 17.5. The minimum absolute atomic E-state index is 0.140. The molecular weight excluding hydrogens is 459 g/mol. The van der Waals surface area contributed by atoms with Crippen LogP contribution in [0.15, 0.2) is 83.4 Å². The largest absolute Gasteiger partial charge is 0.436 e. The molecule has 0 spiro atoms. The Morgan fingerprint density at radius 2 is 1.56 bits per heavy atom. The molecule has 0 bridgehead atoms. The summed E-state index contributed by atoms with van der Waals surface area (Å²) in [4.78, 5) is 33.8. The number of oxazole rings is 1. The van der Waals surface area contributed by atoms with Crippen LogP contribution in [0.4, 0.5) is 14.9 Å². The number of aryl methyl sites for hydroxylation is 1. The Hall–Kier alpha value is -4.46. The van der Waals surface area contributed by atoms with Crippen LogP contribution in [0, 0.1) is 12.7 Å². The number of amides is 3. The van der Waals surface area contributed by atoms with Crippen LogP contribution in [0.5, 0.6) is 0 Å². The smallest absolute Gasteiger partial charge is 0.321 e. The van der Waals surface area contributed by atoms with Crippen molar-refractivity contribution in [3.63, 3.8) is 0 Å². The van der Waals surface area contributed by atoms with Gasteiger partial charge in [-0.25, -0.2) is 14.2 Å². The summed E-state index contributed by atoms with van der Waals surface area (Å²) < 4.78 is 19.1. The second-order valence-corrected chi connectivity index (χ2v) is 8.66. The lowest BCUT2D eigenvalue weighted by Crippen LogP contribution is -2.51. The third kappa shape index (κ3) is 4.98. The van der Waals surface area contributed by atoms with Crippen LogP contribution < -0.4 is 5.32 Å². The van der Waals surface area contributed by atoms with Crippen LogP contribution in [-0.2, 0) is 0 Å². The molecule has 0 saturated carbocycles. The molecule has 5 rings (SSSR count). The first kappa shape index (κ1) is 23.3. The summed E-state index contributed by atoms with van der Waals surface area (Å²) in [5, 5.41) is 2.76. The molecule has 1 saturated heterocycles. The molecule has 36 heavy (non-hydrogen) atoms. The van der Waals surface area contributed by atoms with E-state index in [4.69, 9.17) is 4.42 Å². The molecule has 182 valence electrons. The van der Waals surface area contributed by atoms with Crippen LogP contribution >= 0.6 is 0 Å². The van der Waals surface area contributed by atoms with Gasteiger partial charge in [-0.05, 0) is 43.3 Å². The van der Waals surface area contributed by atoms with Gasteiger partial charge in [0.1, 0.15) is 5.82 Å². The van der Waals surface area contributed by atoms with Crippen molar-refractivity contribution in [1.29, 1.82) is 0 Å². The fourth-order valence-corrected chi connectivity index (χ4v) is 4.12. The van der Waals surface area contributed by atoms with Gasteiger partial charge < -0.3 is 19.5 Å². The molecular formula is C28H25FN4O3. The topological polar surface area (TPSA) is 78.7 Å². The molecule has 8 heteroatoms. The zero-order valence-electron chi connectivity index (χ0n) is 19.8. The summed E-state index contributed by atoms with van der Waals surface area (Å²) in [6, 6.07) is 20.5. The van der Waals surface area contributed by atoms with Crippen molar-refractivity contribution < 1.29 is 18.4 Å². The first-order valence-electron chi connectivity index (χ1n) is 11.7. The van der Waals surface area contributed by atoms with E-state index in [9.17, 15) is 14.0 Å². The Balaban J connectivity index is 1.26. The van der Waals surface area contributed by atoms with E-state index in [-0.39, 0.29) is 17.8 Å². The van der Waals surface area contributed by atoms with E-state index >= 15 is 0 Å². The van der Waals surface area contributed by atoms with Gasteiger partial charge in [0, 0.05) is 43.0 Å². The molecule has 1 aliphatic heterocycles. The minimum Gasteiger partial charge on any atom is -0.436 e. The number of anilines is 1. The number of hydrogen-bond donors (Lipinski definition) is 1. The molecule has 2 heterocycles. The SMILES string of the molecule is Cc1ccc(-c2cnc(-c3ccccc3C(=O)N3CCN(C(=O)Nc4ccc(F)cc4)CC3)o2)cc1. The van der Waals surface area contributed by atoms with E-state index in [0.717, 1.165) is 11.1 Å². The fraction of sp³-hybridized carbons (Fsp3) is 0.179. The predicted molar refractivity (Wildman–Crippen MR) is 135 cm³/mol. The van der Waals surface area contributed by atoms with Gasteiger partial charge in [0.05, 0.1) is 11.8 Å². The van der Waals surface area contributed by atoms with E-state index in [1.165, 1.54) is 24.3 Å². The molecule has 7 nitrogen and oxygen atoms in total. The first-order valence-corrected chi connectivity index (χ1v) is 11.7. The van der Waals surface area contributed by atoms with Crippen molar-refractivity contribution in [1.82, 2.24) is 14.8 Å². The van der Waals surface area contributed by atoms with Crippen LogP contribution in [0.3, 0.4) is 0 Å². The number of carbonyl (C=O) groups excluding carboxylic acids is 2. The highest BCUT2D eigenvalue weighted by atomic mass is 19.1. The van der Waals surface area contributed by atoms with Gasteiger partial charge in [-0.1, -0.05) is 42.0 Å². The van der Waals surface area contributed by atoms with Crippen molar-refractivity contribution in [2.24, 2.45) is 0 Å². The quantitative estimate of drug-likeness (QED) is 0.418. The number of piperazine rings is 1. The van der Waals surface area contributed by atoms with Gasteiger partial charge in [0.15, 0.2) is 5.76 Å². The number of nitrogens with zero attached hydrogens (tertiary/aromatic N) is 3. The molecule has 0 unspecified atom stereocenters. The zero-order chi connectivity index (χ0) is 25.1. The number of halogens is 1. The third-order valence-corrected chi connectivity index (χ3v) is 6.18. The maximum atomic E-state index is 13.4. The van der Waals surface area contributed by atoms with Crippen LogP contribution in [0.2, 0.25) is 0 Å². The van der Waals surface area contributed by atoms with Crippen molar-refractivity contribution in [3.05, 3.63) is 95.9 Å². The highest BCUT2D eigenvalue weighted by Crippen LogP contribution is 2.29. The maximum Gasteiger partial charge on any atom is 0.321 e. The van der Waals surface area contributed by atoms with E-state index in [0.29, 0.717) is 54.6 Å². The second kappa shape index (κ2) is 10.0. The Bertz CT molecular complexity index is 1370. The summed E-state index contributed by atoms with van der Waals surface area (Å²) in [5.74, 6) is 0.510. The Morgan fingerprint density at radius 1 is 0.889 bits per heavy atom. The second-order valence-electron chi connectivity index (χ2n) is 8.66. The maximum absolute atomic E-state index is 13.4. The van der Waals surface area contributed by atoms with Gasteiger partial charge in [-0.2, -0.15) is 0 Å². The number of aromatic nitrogens is 1. The van der Waals surface area contributed by atoms with Gasteiger partial charge in [-0.3, -0.25) is 4.79 Å². The number of urea groups is 1. The molecule has 3 amide bonds. The van der Waals surface area contributed by atoms with Gasteiger partial charge >= 0.3 is 6.03 Å². The molecule has 0 aliphatic carbocycles. The lowest BCUT2D eigenvalue weighted by Gasteiger charge is -2.35. The standard InChI is InChI=1S/C28H25FN4O3/c1-19-6-8-20(9-7-19)25-18-30-26(36-25)23-4-2-3-5-24(23)27(34)32-14-16-33(17-15-32)28(35)31-22-12-10-21(29)11-13-22/h2-13,18H,14-17H2,1H3,(H,31,35). The summed E-state index contributed by atoms with van der Waals surface area (Å²) in [6.07, 6.45) is 1.67. The van der Waals surface area contributed by atoms with Gasteiger partial charge in [0.2, 0.25) is 5.89 Å². The molecule has 0 radical (unpaired) electrons. The Kier molecular flexibility index (Phi) is 6.49. The summed E-state index contributed by atoms with van der Waals surface area (Å²) in [7, 11) is 0. The van der Waals surface area contributed by atoms with Gasteiger partial charge in [0.25, 0.3) is 5.91 Å². The lowest BCUT2D eigenvalue weighted by atomic mass is 10.1. The fourth-order valence-electron chi connectivity index (χ4n) is 4.12. The van der Waals surface area contributed by atoms with Crippen molar-refractivity contribution in [3.8, 4) is 22.8 Å². The monoisotopic (exact) mass is 484 g/mol. The molecule has 1 fully saturated rings. The van der Waals surface area contributed by atoms with E-state index in [1.807, 2.05) is 49.4 Å². The number of hydrogen-bond acceptors (Lipinski definition) is 4. The zero-order valence-corrected chi connectivity index (χ0v) is 19.8. The van der Waals surface area contributed by atoms with Gasteiger partial charge in [-0.15, -0.1) is 0 Å².